The topological polar surface area (TPSA) is 72.2 Å². The second-order valence-corrected chi connectivity index (χ2v) is 9.77. The lowest BCUT2D eigenvalue weighted by Gasteiger charge is -2.25. The molecular weight excluding hydrogens is 490 g/mol. The van der Waals surface area contributed by atoms with Crippen LogP contribution in [0.3, 0.4) is 0 Å². The van der Waals surface area contributed by atoms with Gasteiger partial charge in [-0.3, -0.25) is 14.7 Å². The van der Waals surface area contributed by atoms with Crippen LogP contribution in [0.15, 0.2) is 78.9 Å². The number of non-ortho nitro benzene ring substituents is 1. The van der Waals surface area contributed by atoms with E-state index in [0.717, 1.165) is 0 Å². The van der Waals surface area contributed by atoms with E-state index in [1.165, 1.54) is 66.7 Å². The molecule has 0 bridgehead atoms. The zero-order chi connectivity index (χ0) is 25.3. The Labute approximate surface area is 195 Å². The summed E-state index contributed by atoms with van der Waals surface area (Å²) in [4.78, 5) is 10.6. The first-order chi connectivity index (χ1) is 16.6. The van der Waals surface area contributed by atoms with Crippen LogP contribution in [-0.2, 0) is 4.57 Å². The third-order valence-corrected chi connectivity index (χ3v) is 7.84. The molecule has 1 unspecified atom stereocenters. The van der Waals surface area contributed by atoms with Gasteiger partial charge in [0, 0.05) is 22.7 Å². The molecule has 0 aliphatic carbocycles. The average molecular weight is 504 g/mol. The van der Waals surface area contributed by atoms with Crippen LogP contribution in [0.4, 0.5) is 33.3 Å². The Hall–Kier alpha value is -4.04. The van der Waals surface area contributed by atoms with Gasteiger partial charge in [0.15, 0.2) is 23.3 Å². The number of nitrogens with one attached hydrogen (secondary N) is 1. The quantitative estimate of drug-likeness (QED) is 0.0836. The molecule has 178 valence electrons. The molecule has 1 N–H and O–H groups in total. The predicted octanol–water partition coefficient (Wildman–Crippen LogP) is 6.30. The molecule has 4 aromatic carbocycles. The monoisotopic (exact) mass is 504 g/mol. The fourth-order valence-electron chi connectivity index (χ4n) is 3.54. The van der Waals surface area contributed by atoms with E-state index in [1.54, 1.807) is 12.1 Å². The first kappa shape index (κ1) is 24.1. The van der Waals surface area contributed by atoms with Crippen molar-refractivity contribution in [1.29, 1.82) is 0 Å². The molecule has 0 spiro atoms. The molecule has 0 saturated heterocycles. The maximum Gasteiger partial charge on any atom is 0.270 e. The van der Waals surface area contributed by atoms with Gasteiger partial charge in [-0.2, -0.15) is 0 Å². The Morgan fingerprint density at radius 2 is 1.29 bits per heavy atom. The number of nitro benzene ring substituents is 1. The van der Waals surface area contributed by atoms with Crippen molar-refractivity contribution in [2.45, 2.75) is 0 Å². The molecule has 0 aliphatic heterocycles. The summed E-state index contributed by atoms with van der Waals surface area (Å²) < 4.78 is 85.0. The normalized spacial score (nSPS) is 12.7. The molecule has 35 heavy (non-hydrogen) atoms. The van der Waals surface area contributed by atoms with Crippen molar-refractivity contribution in [3.8, 4) is 11.1 Å². The Balaban J connectivity index is 1.99. The highest BCUT2D eigenvalue weighted by Gasteiger charge is 2.35. The molecule has 0 aliphatic rings. The molecule has 1 atom stereocenters. The highest BCUT2D eigenvalue weighted by atomic mass is 31.2. The molecule has 0 radical (unpaired) electrons. The number of hydrogen-bond acceptors (Lipinski definition) is 3. The lowest BCUT2D eigenvalue weighted by atomic mass is 10.1. The molecule has 0 fully saturated rings. The Bertz CT molecular complexity index is 1470. The molecule has 0 heterocycles. The molecule has 11 heteroatoms. The van der Waals surface area contributed by atoms with Crippen LogP contribution in [0, 0.1) is 39.2 Å². The van der Waals surface area contributed by atoms with Crippen LogP contribution in [0.25, 0.3) is 11.1 Å². The summed E-state index contributed by atoms with van der Waals surface area (Å²) >= 11 is 0. The summed E-state index contributed by atoms with van der Waals surface area (Å²) in [6.45, 7) is 0. The zero-order valence-corrected chi connectivity index (χ0v) is 18.4. The van der Waals surface area contributed by atoms with Crippen LogP contribution in [0.1, 0.15) is 0 Å². The third kappa shape index (κ3) is 4.28. The lowest BCUT2D eigenvalue weighted by molar-refractivity contribution is -0.384. The van der Waals surface area contributed by atoms with Crippen LogP contribution < -0.4 is 15.7 Å². The first-order valence-electron chi connectivity index (χ1n) is 9.95. The van der Waals surface area contributed by atoms with Crippen LogP contribution in [-0.4, -0.2) is 4.92 Å². The average Bonchev–Trinajstić information content (AvgIpc) is 2.89. The Morgan fingerprint density at radius 3 is 1.91 bits per heavy atom. The first-order valence-corrected chi connectivity index (χ1v) is 11.7. The summed E-state index contributed by atoms with van der Waals surface area (Å²) in [5, 5.41) is 13.3. The van der Waals surface area contributed by atoms with Gasteiger partial charge < -0.3 is 5.09 Å². The van der Waals surface area contributed by atoms with E-state index < -0.39 is 47.0 Å². The van der Waals surface area contributed by atoms with Crippen molar-refractivity contribution in [1.82, 2.24) is 0 Å². The van der Waals surface area contributed by atoms with Gasteiger partial charge in [-0.15, -0.1) is 0 Å². The number of benzene rings is 4. The number of nitro groups is 1. The summed E-state index contributed by atoms with van der Waals surface area (Å²) in [5.41, 5.74) is -1.27. The largest absolute Gasteiger partial charge is 0.324 e. The maximum absolute atomic E-state index is 14.6. The second-order valence-electron chi connectivity index (χ2n) is 7.33. The minimum Gasteiger partial charge on any atom is -0.324 e. The van der Waals surface area contributed by atoms with E-state index >= 15 is 0 Å². The van der Waals surface area contributed by atoms with Crippen LogP contribution in [0.5, 0.6) is 0 Å². The van der Waals surface area contributed by atoms with E-state index in [0.29, 0.717) is 0 Å². The van der Waals surface area contributed by atoms with Crippen molar-refractivity contribution in [2.75, 3.05) is 5.09 Å². The fourth-order valence-corrected chi connectivity index (χ4v) is 6.01. The van der Waals surface area contributed by atoms with E-state index in [9.17, 15) is 36.6 Å². The van der Waals surface area contributed by atoms with Crippen molar-refractivity contribution in [2.24, 2.45) is 0 Å². The smallest absolute Gasteiger partial charge is 0.270 e. The van der Waals surface area contributed by atoms with E-state index in [2.05, 4.69) is 5.09 Å². The van der Waals surface area contributed by atoms with Crippen molar-refractivity contribution < 1.29 is 31.4 Å². The van der Waals surface area contributed by atoms with Gasteiger partial charge in [0.2, 0.25) is 13.1 Å². The summed E-state index contributed by atoms with van der Waals surface area (Å²) in [6, 6.07) is 18.5. The molecular formula is C24H14F5N2O3P. The van der Waals surface area contributed by atoms with Crippen LogP contribution in [0.2, 0.25) is 0 Å². The van der Waals surface area contributed by atoms with Gasteiger partial charge in [-0.1, -0.05) is 48.5 Å². The highest BCUT2D eigenvalue weighted by Crippen LogP contribution is 2.48. The zero-order valence-electron chi connectivity index (χ0n) is 17.5. The Morgan fingerprint density at radius 1 is 0.714 bits per heavy atom. The number of hydrogen-bond donors (Lipinski definition) is 1. The molecule has 0 saturated carbocycles. The van der Waals surface area contributed by atoms with Crippen molar-refractivity contribution >= 4 is 29.3 Å². The predicted molar refractivity (Wildman–Crippen MR) is 122 cm³/mol. The van der Waals surface area contributed by atoms with Gasteiger partial charge in [0.25, 0.3) is 5.69 Å². The van der Waals surface area contributed by atoms with E-state index in [-0.39, 0.29) is 27.4 Å². The minimum atomic E-state index is -4.35. The SMILES string of the molecule is O=[N+]([O-])c1cccc(-c2ccccc2P(=O)(Nc2c(F)c(F)c(F)c(F)c2F)c2ccccc2)c1. The minimum absolute atomic E-state index is 0.00169. The molecule has 5 nitrogen and oxygen atoms in total. The summed E-state index contributed by atoms with van der Waals surface area (Å²) in [7, 11) is -4.35. The number of halogens is 5. The summed E-state index contributed by atoms with van der Waals surface area (Å²) in [5.74, 6) is -11.1. The summed E-state index contributed by atoms with van der Waals surface area (Å²) in [6.07, 6.45) is 0. The lowest BCUT2D eigenvalue weighted by Crippen LogP contribution is -2.25. The standard InChI is InChI=1S/C24H14F5N2O3P/c25-19-20(26)22(28)24(23(29)21(19)27)30-35(34,16-9-2-1-3-10-16)18-12-5-4-11-17(18)14-7-6-8-15(13-14)31(32)33/h1-13H,(H,30,34). The molecule has 0 amide bonds. The van der Waals surface area contributed by atoms with Gasteiger partial charge in [0.1, 0.15) is 5.69 Å². The van der Waals surface area contributed by atoms with Crippen molar-refractivity contribution in [3.05, 3.63) is 118 Å². The van der Waals surface area contributed by atoms with Gasteiger partial charge in [-0.05, 0) is 29.3 Å². The van der Waals surface area contributed by atoms with Gasteiger partial charge >= 0.3 is 0 Å². The van der Waals surface area contributed by atoms with Gasteiger partial charge in [-0.25, -0.2) is 22.0 Å². The number of anilines is 1. The third-order valence-electron chi connectivity index (χ3n) is 5.21. The second kappa shape index (κ2) is 9.31. The van der Waals surface area contributed by atoms with E-state index in [1.807, 2.05) is 0 Å². The van der Waals surface area contributed by atoms with Gasteiger partial charge in [0.05, 0.1) is 4.92 Å². The fraction of sp³-hybridized carbons (Fsp3) is 0. The van der Waals surface area contributed by atoms with Crippen molar-refractivity contribution in [3.63, 3.8) is 0 Å². The number of nitrogens with zero attached hydrogens (tertiary/aromatic N) is 1. The molecule has 4 rings (SSSR count). The van der Waals surface area contributed by atoms with Crippen LogP contribution >= 0.6 is 7.29 Å². The molecule has 0 aromatic heterocycles. The number of rotatable bonds is 6. The molecule has 4 aromatic rings. The highest BCUT2D eigenvalue weighted by molar-refractivity contribution is 7.80. The Kier molecular flexibility index (Phi) is 6.41. The maximum atomic E-state index is 14.6. The van der Waals surface area contributed by atoms with E-state index in [4.69, 9.17) is 0 Å².